The molecule has 21 heavy (non-hydrogen) atoms. The third kappa shape index (κ3) is 3.78. The minimum atomic E-state index is 0.263. The zero-order valence-electron chi connectivity index (χ0n) is 13.5. The van der Waals surface area contributed by atoms with Gasteiger partial charge in [-0.25, -0.2) is 0 Å². The second-order valence-corrected chi connectivity index (χ2v) is 7.23. The molecule has 0 aromatic carbocycles. The number of nitrogens with zero attached hydrogens (tertiary/aromatic N) is 2. The molecule has 1 N–H and O–H groups in total. The van der Waals surface area contributed by atoms with E-state index in [0.717, 1.165) is 51.5 Å². The van der Waals surface area contributed by atoms with Crippen molar-refractivity contribution in [1.29, 1.82) is 0 Å². The van der Waals surface area contributed by atoms with Crippen LogP contribution in [0.3, 0.4) is 0 Å². The summed E-state index contributed by atoms with van der Waals surface area (Å²) in [6.07, 6.45) is 8.74. The summed E-state index contributed by atoms with van der Waals surface area (Å²) in [6.45, 7) is 7.41. The molecule has 3 aliphatic rings. The summed E-state index contributed by atoms with van der Waals surface area (Å²) in [5.41, 5.74) is 0. The van der Waals surface area contributed by atoms with Crippen molar-refractivity contribution >= 4 is 5.91 Å². The van der Waals surface area contributed by atoms with E-state index in [1.807, 2.05) is 0 Å². The van der Waals surface area contributed by atoms with Crippen LogP contribution < -0.4 is 5.32 Å². The molecular weight excluding hydrogens is 262 g/mol. The number of carbonyl (C=O) groups is 1. The van der Waals surface area contributed by atoms with Crippen LogP contribution in [0.4, 0.5) is 0 Å². The van der Waals surface area contributed by atoms with Gasteiger partial charge in [0.2, 0.25) is 5.91 Å². The summed E-state index contributed by atoms with van der Waals surface area (Å²) < 4.78 is 0. The molecule has 0 spiro atoms. The molecule has 2 saturated heterocycles. The van der Waals surface area contributed by atoms with Crippen LogP contribution in [-0.4, -0.2) is 60.5 Å². The maximum absolute atomic E-state index is 12.8. The van der Waals surface area contributed by atoms with Crippen LogP contribution in [0, 0.1) is 5.92 Å². The summed E-state index contributed by atoms with van der Waals surface area (Å²) >= 11 is 0. The van der Waals surface area contributed by atoms with E-state index in [1.54, 1.807) is 0 Å². The lowest BCUT2D eigenvalue weighted by molar-refractivity contribution is -0.136. The first-order chi connectivity index (χ1) is 10.2. The molecule has 2 aliphatic heterocycles. The zero-order valence-corrected chi connectivity index (χ0v) is 13.5. The molecular formula is C17H31N3O. The molecule has 4 heteroatoms. The highest BCUT2D eigenvalue weighted by Gasteiger charge is 2.31. The van der Waals surface area contributed by atoms with Gasteiger partial charge in [-0.2, -0.15) is 0 Å². The van der Waals surface area contributed by atoms with E-state index in [9.17, 15) is 4.79 Å². The van der Waals surface area contributed by atoms with E-state index in [0.29, 0.717) is 11.9 Å². The van der Waals surface area contributed by atoms with Crippen LogP contribution in [0.2, 0.25) is 0 Å². The smallest absolute Gasteiger partial charge is 0.225 e. The van der Waals surface area contributed by atoms with Gasteiger partial charge >= 0.3 is 0 Å². The lowest BCUT2D eigenvalue weighted by atomic mass is 9.92. The fourth-order valence-electron chi connectivity index (χ4n) is 4.41. The highest BCUT2D eigenvalue weighted by molar-refractivity contribution is 5.79. The summed E-state index contributed by atoms with van der Waals surface area (Å²) in [5, 5.41) is 3.45. The Bertz CT molecular complexity index is 354. The Morgan fingerprint density at radius 1 is 1.00 bits per heavy atom. The van der Waals surface area contributed by atoms with Gasteiger partial charge in [-0.15, -0.1) is 0 Å². The Morgan fingerprint density at radius 2 is 1.81 bits per heavy atom. The molecule has 0 unspecified atom stereocenters. The van der Waals surface area contributed by atoms with E-state index in [-0.39, 0.29) is 5.92 Å². The highest BCUT2D eigenvalue weighted by atomic mass is 16.2. The molecule has 120 valence electrons. The number of nitrogens with one attached hydrogen (secondary N) is 1. The van der Waals surface area contributed by atoms with E-state index in [1.165, 1.54) is 32.2 Å². The first kappa shape index (κ1) is 15.3. The van der Waals surface area contributed by atoms with Crippen molar-refractivity contribution in [3.63, 3.8) is 0 Å². The van der Waals surface area contributed by atoms with Crippen LogP contribution >= 0.6 is 0 Å². The van der Waals surface area contributed by atoms with Crippen molar-refractivity contribution in [3.05, 3.63) is 0 Å². The van der Waals surface area contributed by atoms with Crippen molar-refractivity contribution in [2.75, 3.05) is 32.7 Å². The Morgan fingerprint density at radius 3 is 2.57 bits per heavy atom. The second-order valence-electron chi connectivity index (χ2n) is 7.23. The molecule has 0 bridgehead atoms. The predicted octanol–water partition coefficient (Wildman–Crippen LogP) is 1.85. The van der Waals surface area contributed by atoms with Gasteiger partial charge in [-0.1, -0.05) is 12.8 Å². The van der Waals surface area contributed by atoms with Crippen molar-refractivity contribution in [1.82, 2.24) is 15.1 Å². The number of rotatable bonds is 2. The molecule has 0 aromatic rings. The summed E-state index contributed by atoms with van der Waals surface area (Å²) in [4.78, 5) is 17.6. The fraction of sp³-hybridized carbons (Fsp3) is 0.941. The number of piperidine rings is 1. The van der Waals surface area contributed by atoms with Gasteiger partial charge in [0.1, 0.15) is 0 Å². The van der Waals surface area contributed by atoms with Crippen molar-refractivity contribution in [2.24, 2.45) is 5.92 Å². The lowest BCUT2D eigenvalue weighted by Crippen LogP contribution is -2.45. The van der Waals surface area contributed by atoms with Crippen LogP contribution in [0.25, 0.3) is 0 Å². The van der Waals surface area contributed by atoms with E-state index >= 15 is 0 Å². The Labute approximate surface area is 129 Å². The maximum atomic E-state index is 12.8. The topological polar surface area (TPSA) is 35.6 Å². The van der Waals surface area contributed by atoms with Crippen molar-refractivity contribution in [2.45, 2.75) is 64.0 Å². The molecule has 2 heterocycles. The van der Waals surface area contributed by atoms with Gasteiger partial charge in [-0.3, -0.25) is 9.69 Å². The van der Waals surface area contributed by atoms with Gasteiger partial charge in [0.05, 0.1) is 0 Å². The average molecular weight is 293 g/mol. The Kier molecular flexibility index (Phi) is 5.17. The molecule has 3 rings (SSSR count). The summed E-state index contributed by atoms with van der Waals surface area (Å²) in [7, 11) is 0. The second kappa shape index (κ2) is 7.10. The Balaban J connectivity index is 1.53. The largest absolute Gasteiger partial charge is 0.341 e. The highest BCUT2D eigenvalue weighted by Crippen LogP contribution is 2.25. The first-order valence-corrected chi connectivity index (χ1v) is 9.00. The maximum Gasteiger partial charge on any atom is 0.225 e. The van der Waals surface area contributed by atoms with Gasteiger partial charge < -0.3 is 10.2 Å². The third-order valence-corrected chi connectivity index (χ3v) is 5.66. The number of hydrogen-bond acceptors (Lipinski definition) is 3. The van der Waals surface area contributed by atoms with Crippen LogP contribution in [0.1, 0.15) is 51.9 Å². The third-order valence-electron chi connectivity index (χ3n) is 5.66. The molecule has 2 atom stereocenters. The number of hydrogen-bond donors (Lipinski definition) is 1. The fourth-order valence-corrected chi connectivity index (χ4v) is 4.41. The average Bonchev–Trinajstić information content (AvgIpc) is 2.91. The predicted molar refractivity (Wildman–Crippen MR) is 85.2 cm³/mol. The van der Waals surface area contributed by atoms with E-state index in [2.05, 4.69) is 22.0 Å². The Hall–Kier alpha value is -0.610. The van der Waals surface area contributed by atoms with Crippen LogP contribution in [-0.2, 0) is 4.79 Å². The van der Waals surface area contributed by atoms with Crippen molar-refractivity contribution in [3.8, 4) is 0 Å². The molecule has 1 amide bonds. The SMILES string of the molecule is C[C@H]1C[C@@H](C(=O)N2CCCN(C3CCCC3)CC2)CCN1. The number of carbonyl (C=O) groups excluding carboxylic acids is 1. The zero-order chi connectivity index (χ0) is 14.7. The van der Waals surface area contributed by atoms with E-state index in [4.69, 9.17) is 0 Å². The van der Waals surface area contributed by atoms with Gasteiger partial charge in [0.15, 0.2) is 0 Å². The molecule has 3 fully saturated rings. The minimum Gasteiger partial charge on any atom is -0.341 e. The molecule has 4 nitrogen and oxygen atoms in total. The standard InChI is InChI=1S/C17H31N3O/c1-14-13-15(7-8-18-14)17(21)20-10-4-9-19(11-12-20)16-5-2-3-6-16/h14-16,18H,2-13H2,1H3/t14-,15-/m0/s1. The monoisotopic (exact) mass is 293 g/mol. The summed E-state index contributed by atoms with van der Waals surface area (Å²) in [5.74, 6) is 0.691. The van der Waals surface area contributed by atoms with Gasteiger partial charge in [0, 0.05) is 44.2 Å². The lowest BCUT2D eigenvalue weighted by Gasteiger charge is -2.32. The van der Waals surface area contributed by atoms with E-state index < -0.39 is 0 Å². The normalized spacial score (nSPS) is 33.1. The van der Waals surface area contributed by atoms with Crippen molar-refractivity contribution < 1.29 is 4.79 Å². The molecule has 1 aliphatic carbocycles. The molecule has 1 saturated carbocycles. The van der Waals surface area contributed by atoms with Gasteiger partial charge in [-0.05, 0) is 45.6 Å². The van der Waals surface area contributed by atoms with Gasteiger partial charge in [0.25, 0.3) is 0 Å². The quantitative estimate of drug-likeness (QED) is 0.844. The van der Waals surface area contributed by atoms with Crippen LogP contribution in [0.5, 0.6) is 0 Å². The summed E-state index contributed by atoms with van der Waals surface area (Å²) in [6, 6.07) is 1.30. The first-order valence-electron chi connectivity index (χ1n) is 9.00. The van der Waals surface area contributed by atoms with Crippen LogP contribution in [0.15, 0.2) is 0 Å². The minimum absolute atomic E-state index is 0.263. The molecule has 0 radical (unpaired) electrons. The molecule has 0 aromatic heterocycles. The number of amides is 1.